The van der Waals surface area contributed by atoms with Crippen LogP contribution in [0.1, 0.15) is 24.4 Å². The molecule has 1 saturated heterocycles. The number of rotatable bonds is 2. The van der Waals surface area contributed by atoms with Crippen molar-refractivity contribution >= 4 is 15.9 Å². The van der Waals surface area contributed by atoms with Crippen LogP contribution in [0.25, 0.3) is 0 Å². The molecule has 0 radical (unpaired) electrons. The van der Waals surface area contributed by atoms with E-state index in [1.165, 1.54) is 18.4 Å². The van der Waals surface area contributed by atoms with Crippen LogP contribution in [0.2, 0.25) is 0 Å². The van der Waals surface area contributed by atoms with Gasteiger partial charge < -0.3 is 10.1 Å². The fourth-order valence-electron chi connectivity index (χ4n) is 1.93. The average Bonchev–Trinajstić information content (AvgIpc) is 2.70. The molecule has 14 heavy (non-hydrogen) atoms. The summed E-state index contributed by atoms with van der Waals surface area (Å²) in [7, 11) is 1.72. The van der Waals surface area contributed by atoms with Crippen molar-refractivity contribution in [1.29, 1.82) is 0 Å². The van der Waals surface area contributed by atoms with Crippen molar-refractivity contribution in [3.05, 3.63) is 28.2 Å². The lowest BCUT2D eigenvalue weighted by Crippen LogP contribution is -2.13. The topological polar surface area (TPSA) is 21.3 Å². The number of hydrogen-bond donors (Lipinski definition) is 1. The molecule has 1 aromatic carbocycles. The van der Waals surface area contributed by atoms with E-state index in [0.717, 1.165) is 16.8 Å². The lowest BCUT2D eigenvalue weighted by Gasteiger charge is -2.15. The van der Waals surface area contributed by atoms with Gasteiger partial charge in [0.2, 0.25) is 0 Å². The minimum absolute atomic E-state index is 0.461. The molecule has 3 heteroatoms. The van der Waals surface area contributed by atoms with Gasteiger partial charge in [0.1, 0.15) is 5.75 Å². The molecule has 1 atom stereocenters. The summed E-state index contributed by atoms with van der Waals surface area (Å²) in [4.78, 5) is 0. The quantitative estimate of drug-likeness (QED) is 0.878. The first-order valence-electron chi connectivity index (χ1n) is 4.88. The fraction of sp³-hybridized carbons (Fsp3) is 0.455. The third-order valence-corrected chi connectivity index (χ3v) is 3.12. The van der Waals surface area contributed by atoms with Crippen LogP contribution in [0.4, 0.5) is 0 Å². The van der Waals surface area contributed by atoms with Crippen LogP contribution in [-0.2, 0) is 0 Å². The van der Waals surface area contributed by atoms with Gasteiger partial charge in [-0.2, -0.15) is 0 Å². The van der Waals surface area contributed by atoms with Gasteiger partial charge in [-0.05, 0) is 37.6 Å². The van der Waals surface area contributed by atoms with Gasteiger partial charge in [0, 0.05) is 16.1 Å². The minimum atomic E-state index is 0.461. The summed E-state index contributed by atoms with van der Waals surface area (Å²) in [6.07, 6.45) is 2.45. The molecular formula is C11H14BrNO. The predicted octanol–water partition coefficient (Wildman–Crippen LogP) is 2.88. The number of methoxy groups -OCH3 is 1. The number of halogens is 1. The maximum atomic E-state index is 5.35. The third-order valence-electron chi connectivity index (χ3n) is 2.63. The monoisotopic (exact) mass is 255 g/mol. The van der Waals surface area contributed by atoms with Gasteiger partial charge in [-0.1, -0.05) is 15.9 Å². The van der Waals surface area contributed by atoms with E-state index in [4.69, 9.17) is 4.74 Å². The van der Waals surface area contributed by atoms with Gasteiger partial charge in [0.25, 0.3) is 0 Å². The first-order valence-corrected chi connectivity index (χ1v) is 5.67. The summed E-state index contributed by atoms with van der Waals surface area (Å²) in [5, 5.41) is 3.47. The highest BCUT2D eigenvalue weighted by atomic mass is 79.9. The molecule has 0 aromatic heterocycles. The minimum Gasteiger partial charge on any atom is -0.496 e. The van der Waals surface area contributed by atoms with Crippen molar-refractivity contribution in [2.24, 2.45) is 0 Å². The molecule has 1 aliphatic rings. The first kappa shape index (κ1) is 9.99. The maximum Gasteiger partial charge on any atom is 0.123 e. The Morgan fingerprint density at radius 1 is 1.50 bits per heavy atom. The van der Waals surface area contributed by atoms with Crippen LogP contribution in [0.15, 0.2) is 22.7 Å². The van der Waals surface area contributed by atoms with Gasteiger partial charge in [-0.3, -0.25) is 0 Å². The van der Waals surface area contributed by atoms with Gasteiger partial charge >= 0.3 is 0 Å². The second kappa shape index (κ2) is 4.32. The fourth-order valence-corrected chi connectivity index (χ4v) is 2.31. The maximum absolute atomic E-state index is 5.35. The Balaban J connectivity index is 2.33. The zero-order valence-corrected chi connectivity index (χ0v) is 9.80. The molecule has 2 rings (SSSR count). The lowest BCUT2D eigenvalue weighted by atomic mass is 10.0. The Kier molecular flexibility index (Phi) is 3.08. The van der Waals surface area contributed by atoms with E-state index in [-0.39, 0.29) is 0 Å². The SMILES string of the molecule is COc1ccc(Br)cc1[C@H]1CCCN1. The average molecular weight is 256 g/mol. The number of nitrogens with one attached hydrogen (secondary N) is 1. The molecule has 0 saturated carbocycles. The molecule has 1 aromatic rings. The van der Waals surface area contributed by atoms with Crippen molar-refractivity contribution in [3.8, 4) is 5.75 Å². The lowest BCUT2D eigenvalue weighted by molar-refractivity contribution is 0.403. The highest BCUT2D eigenvalue weighted by Crippen LogP contribution is 2.32. The van der Waals surface area contributed by atoms with Crippen LogP contribution in [-0.4, -0.2) is 13.7 Å². The van der Waals surface area contributed by atoms with Gasteiger partial charge in [-0.25, -0.2) is 0 Å². The first-order chi connectivity index (χ1) is 6.81. The number of ether oxygens (including phenoxy) is 1. The van der Waals surface area contributed by atoms with E-state index in [1.54, 1.807) is 7.11 Å². The Bertz CT molecular complexity index is 321. The Hall–Kier alpha value is -0.540. The highest BCUT2D eigenvalue weighted by molar-refractivity contribution is 9.10. The summed E-state index contributed by atoms with van der Waals surface area (Å²) < 4.78 is 6.46. The van der Waals surface area contributed by atoms with E-state index in [1.807, 2.05) is 12.1 Å². The summed E-state index contributed by atoms with van der Waals surface area (Å²) >= 11 is 3.49. The molecule has 1 heterocycles. The molecule has 0 amide bonds. The summed E-state index contributed by atoms with van der Waals surface area (Å²) in [6.45, 7) is 1.11. The molecule has 2 nitrogen and oxygen atoms in total. The summed E-state index contributed by atoms with van der Waals surface area (Å²) in [6, 6.07) is 6.63. The molecule has 76 valence electrons. The van der Waals surface area contributed by atoms with Crippen molar-refractivity contribution in [2.75, 3.05) is 13.7 Å². The van der Waals surface area contributed by atoms with Crippen LogP contribution in [0.3, 0.4) is 0 Å². The Labute approximate surface area is 92.8 Å². The Morgan fingerprint density at radius 2 is 2.36 bits per heavy atom. The van der Waals surface area contributed by atoms with Crippen LogP contribution in [0.5, 0.6) is 5.75 Å². The normalized spacial score (nSPS) is 21.1. The van der Waals surface area contributed by atoms with Gasteiger partial charge in [-0.15, -0.1) is 0 Å². The third kappa shape index (κ3) is 1.93. The van der Waals surface area contributed by atoms with Gasteiger partial charge in [0.15, 0.2) is 0 Å². The van der Waals surface area contributed by atoms with Crippen LogP contribution in [0, 0.1) is 0 Å². The zero-order valence-electron chi connectivity index (χ0n) is 8.22. The predicted molar refractivity (Wildman–Crippen MR) is 60.7 cm³/mol. The highest BCUT2D eigenvalue weighted by Gasteiger charge is 2.19. The van der Waals surface area contributed by atoms with E-state index in [0.29, 0.717) is 6.04 Å². The molecule has 1 N–H and O–H groups in total. The van der Waals surface area contributed by atoms with Crippen molar-refractivity contribution < 1.29 is 4.74 Å². The number of hydrogen-bond acceptors (Lipinski definition) is 2. The van der Waals surface area contributed by atoms with E-state index in [2.05, 4.69) is 27.3 Å². The molecule has 1 aliphatic heterocycles. The largest absolute Gasteiger partial charge is 0.496 e. The summed E-state index contributed by atoms with van der Waals surface area (Å²) in [5.41, 5.74) is 1.26. The molecule has 0 aliphatic carbocycles. The smallest absolute Gasteiger partial charge is 0.123 e. The van der Waals surface area contributed by atoms with E-state index >= 15 is 0 Å². The molecule has 0 unspecified atom stereocenters. The molecule has 1 fully saturated rings. The number of benzene rings is 1. The molecule has 0 spiro atoms. The van der Waals surface area contributed by atoms with E-state index < -0.39 is 0 Å². The van der Waals surface area contributed by atoms with Crippen LogP contribution < -0.4 is 10.1 Å². The van der Waals surface area contributed by atoms with E-state index in [9.17, 15) is 0 Å². The Morgan fingerprint density at radius 3 is 3.00 bits per heavy atom. The second-order valence-corrected chi connectivity index (χ2v) is 4.45. The van der Waals surface area contributed by atoms with Crippen molar-refractivity contribution in [1.82, 2.24) is 5.32 Å². The zero-order chi connectivity index (χ0) is 9.97. The molecular weight excluding hydrogens is 242 g/mol. The summed E-state index contributed by atoms with van der Waals surface area (Å²) in [5.74, 6) is 0.979. The molecule has 0 bridgehead atoms. The van der Waals surface area contributed by atoms with Crippen molar-refractivity contribution in [2.45, 2.75) is 18.9 Å². The van der Waals surface area contributed by atoms with Crippen molar-refractivity contribution in [3.63, 3.8) is 0 Å². The second-order valence-electron chi connectivity index (χ2n) is 3.54. The standard InChI is InChI=1S/C11H14BrNO/c1-14-11-5-4-8(12)7-9(11)10-3-2-6-13-10/h4-5,7,10,13H,2-3,6H2,1H3/t10-/m1/s1. The van der Waals surface area contributed by atoms with Gasteiger partial charge in [0.05, 0.1) is 7.11 Å². The van der Waals surface area contributed by atoms with Crippen LogP contribution >= 0.6 is 15.9 Å².